The van der Waals surface area contributed by atoms with Gasteiger partial charge >= 0.3 is 0 Å². The molecule has 0 atom stereocenters. The largest absolute Gasteiger partial charge is 0.496 e. The molecular weight excluding hydrogens is 350 g/mol. The molecule has 4 heteroatoms. The van der Waals surface area contributed by atoms with Crippen LogP contribution in [0, 0.1) is 0 Å². The molecule has 0 bridgehead atoms. The molecule has 1 heterocycles. The number of para-hydroxylation sites is 1. The Bertz CT molecular complexity index is 954. The van der Waals surface area contributed by atoms with E-state index in [1.54, 1.807) is 21.3 Å². The van der Waals surface area contributed by atoms with Crippen LogP contribution in [0.15, 0.2) is 48.5 Å². The van der Waals surface area contributed by atoms with Gasteiger partial charge in [0.2, 0.25) is 11.2 Å². The molecule has 0 amide bonds. The first-order valence-corrected chi connectivity index (χ1v) is 9.61. The fraction of sp³-hybridized carbons (Fsp3) is 0.292. The number of nitrogens with zero attached hydrogens (tertiary/aromatic N) is 1. The highest BCUT2D eigenvalue weighted by atomic mass is 16.5. The molecular formula is C24H28NO3+. The molecule has 3 aromatic rings. The Hall–Kier alpha value is -3.01. The van der Waals surface area contributed by atoms with Crippen molar-refractivity contribution in [1.82, 2.24) is 0 Å². The number of benzene rings is 2. The number of fused-ring (bicyclic) bond motifs is 1. The summed E-state index contributed by atoms with van der Waals surface area (Å²) in [5.41, 5.74) is 3.28. The SMILES string of the molecule is CCCC[n+]1c(/C=C/c2c(OC)cc(OC)cc2OC)ccc2ccccc21. The van der Waals surface area contributed by atoms with Gasteiger partial charge in [0.25, 0.3) is 0 Å². The van der Waals surface area contributed by atoms with Crippen molar-refractivity contribution in [3.63, 3.8) is 0 Å². The molecule has 0 spiro atoms. The van der Waals surface area contributed by atoms with Crippen molar-refractivity contribution in [3.05, 3.63) is 59.8 Å². The lowest BCUT2D eigenvalue weighted by molar-refractivity contribution is -0.673. The van der Waals surface area contributed by atoms with E-state index in [9.17, 15) is 0 Å². The van der Waals surface area contributed by atoms with Gasteiger partial charge in [-0.1, -0.05) is 25.5 Å². The monoisotopic (exact) mass is 378 g/mol. The number of hydrogen-bond donors (Lipinski definition) is 0. The highest BCUT2D eigenvalue weighted by Crippen LogP contribution is 2.35. The molecule has 0 N–H and O–H groups in total. The zero-order chi connectivity index (χ0) is 19.9. The van der Waals surface area contributed by atoms with Crippen LogP contribution in [0.4, 0.5) is 0 Å². The average Bonchev–Trinajstić information content (AvgIpc) is 2.75. The first kappa shape index (κ1) is 19.7. The van der Waals surface area contributed by atoms with E-state index in [1.807, 2.05) is 18.2 Å². The van der Waals surface area contributed by atoms with Gasteiger partial charge in [-0.05, 0) is 18.2 Å². The molecule has 0 fully saturated rings. The zero-order valence-electron chi connectivity index (χ0n) is 17.1. The normalized spacial score (nSPS) is 11.1. The minimum absolute atomic E-state index is 0.703. The van der Waals surface area contributed by atoms with E-state index >= 15 is 0 Å². The standard InChI is InChI=1S/C24H28NO3/c1-5-6-15-25-19(12-11-18-9-7-8-10-22(18)25)13-14-21-23(27-3)16-20(26-2)17-24(21)28-4/h7-14,16-17H,5-6,15H2,1-4H3/q+1/b14-13+. The predicted molar refractivity (Wildman–Crippen MR) is 114 cm³/mol. The third kappa shape index (κ3) is 4.11. The van der Waals surface area contributed by atoms with Crippen LogP contribution >= 0.6 is 0 Å². The predicted octanol–water partition coefficient (Wildman–Crippen LogP) is 5.12. The summed E-state index contributed by atoms with van der Waals surface area (Å²) in [6.45, 7) is 3.20. The van der Waals surface area contributed by atoms with E-state index in [0.717, 1.165) is 30.6 Å². The highest BCUT2D eigenvalue weighted by Gasteiger charge is 2.15. The average molecular weight is 378 g/mol. The molecule has 0 aliphatic heterocycles. The summed E-state index contributed by atoms with van der Waals surface area (Å²) in [5, 5.41) is 1.25. The summed E-state index contributed by atoms with van der Waals surface area (Å²) in [5.74, 6) is 2.14. The molecule has 0 aliphatic rings. The fourth-order valence-corrected chi connectivity index (χ4v) is 3.36. The van der Waals surface area contributed by atoms with Crippen molar-refractivity contribution in [3.8, 4) is 17.2 Å². The number of aromatic nitrogens is 1. The van der Waals surface area contributed by atoms with Crippen LogP contribution in [-0.4, -0.2) is 21.3 Å². The topological polar surface area (TPSA) is 31.6 Å². The number of rotatable bonds is 8. The summed E-state index contributed by atoms with van der Waals surface area (Å²) in [6, 6.07) is 16.6. The molecule has 0 aliphatic carbocycles. The lowest BCUT2D eigenvalue weighted by Gasteiger charge is -2.12. The van der Waals surface area contributed by atoms with Gasteiger partial charge < -0.3 is 14.2 Å². The molecule has 0 radical (unpaired) electrons. The summed E-state index contributed by atoms with van der Waals surface area (Å²) >= 11 is 0. The smallest absolute Gasteiger partial charge is 0.212 e. The second-order valence-electron chi connectivity index (χ2n) is 6.60. The quantitative estimate of drug-likeness (QED) is 0.510. The van der Waals surface area contributed by atoms with Crippen LogP contribution in [0.1, 0.15) is 31.0 Å². The van der Waals surface area contributed by atoms with Gasteiger partial charge in [-0.3, -0.25) is 0 Å². The molecule has 0 saturated heterocycles. The Kier molecular flexibility index (Phi) is 6.53. The van der Waals surface area contributed by atoms with Crippen LogP contribution < -0.4 is 18.8 Å². The van der Waals surface area contributed by atoms with Crippen LogP contribution in [0.2, 0.25) is 0 Å². The molecule has 3 rings (SSSR count). The third-order valence-corrected chi connectivity index (χ3v) is 4.88. The van der Waals surface area contributed by atoms with Crippen molar-refractivity contribution in [2.75, 3.05) is 21.3 Å². The summed E-state index contributed by atoms with van der Waals surface area (Å²) in [7, 11) is 4.95. The minimum atomic E-state index is 0.703. The maximum Gasteiger partial charge on any atom is 0.212 e. The summed E-state index contributed by atoms with van der Waals surface area (Å²) in [4.78, 5) is 0. The number of ether oxygens (including phenoxy) is 3. The molecule has 28 heavy (non-hydrogen) atoms. The first-order chi connectivity index (χ1) is 13.7. The van der Waals surface area contributed by atoms with E-state index in [1.165, 1.54) is 10.9 Å². The maximum absolute atomic E-state index is 5.57. The number of pyridine rings is 1. The van der Waals surface area contributed by atoms with Crippen molar-refractivity contribution in [1.29, 1.82) is 0 Å². The third-order valence-electron chi connectivity index (χ3n) is 4.88. The number of hydrogen-bond acceptors (Lipinski definition) is 3. The molecule has 0 unspecified atom stereocenters. The van der Waals surface area contributed by atoms with Gasteiger partial charge in [-0.25, -0.2) is 0 Å². The summed E-state index contributed by atoms with van der Waals surface area (Å²) < 4.78 is 18.8. The number of aryl methyl sites for hydroxylation is 1. The number of methoxy groups -OCH3 is 3. The van der Waals surface area contributed by atoms with Crippen molar-refractivity contribution in [2.45, 2.75) is 26.3 Å². The van der Waals surface area contributed by atoms with Crippen molar-refractivity contribution >= 4 is 23.1 Å². The van der Waals surface area contributed by atoms with E-state index in [2.05, 4.69) is 54.0 Å². The molecule has 0 saturated carbocycles. The van der Waals surface area contributed by atoms with Gasteiger partial charge in [0.15, 0.2) is 0 Å². The Morgan fingerprint density at radius 3 is 2.21 bits per heavy atom. The van der Waals surface area contributed by atoms with Crippen LogP contribution in [0.25, 0.3) is 23.1 Å². The zero-order valence-corrected chi connectivity index (χ0v) is 17.1. The lowest BCUT2D eigenvalue weighted by atomic mass is 10.1. The second kappa shape index (κ2) is 9.27. The minimum Gasteiger partial charge on any atom is -0.496 e. The summed E-state index contributed by atoms with van der Waals surface area (Å²) in [6.07, 6.45) is 6.45. The molecule has 146 valence electrons. The Labute approximate surface area is 167 Å². The van der Waals surface area contributed by atoms with Crippen molar-refractivity contribution < 1.29 is 18.8 Å². The van der Waals surface area contributed by atoms with Gasteiger partial charge in [0.05, 0.1) is 26.9 Å². The maximum atomic E-state index is 5.57. The Morgan fingerprint density at radius 1 is 0.857 bits per heavy atom. The van der Waals surface area contributed by atoms with E-state index in [0.29, 0.717) is 17.2 Å². The van der Waals surface area contributed by atoms with Gasteiger partial charge in [0, 0.05) is 42.1 Å². The Balaban J connectivity index is 2.08. The van der Waals surface area contributed by atoms with Crippen LogP contribution in [0.5, 0.6) is 17.2 Å². The van der Waals surface area contributed by atoms with Crippen LogP contribution in [-0.2, 0) is 6.54 Å². The Morgan fingerprint density at radius 2 is 1.57 bits per heavy atom. The van der Waals surface area contributed by atoms with E-state index in [4.69, 9.17) is 14.2 Å². The fourth-order valence-electron chi connectivity index (χ4n) is 3.36. The van der Waals surface area contributed by atoms with Crippen LogP contribution in [0.3, 0.4) is 0 Å². The first-order valence-electron chi connectivity index (χ1n) is 9.61. The molecule has 1 aromatic heterocycles. The van der Waals surface area contributed by atoms with Gasteiger partial charge in [0.1, 0.15) is 23.8 Å². The van der Waals surface area contributed by atoms with Crippen molar-refractivity contribution in [2.24, 2.45) is 0 Å². The van der Waals surface area contributed by atoms with E-state index in [-0.39, 0.29) is 0 Å². The second-order valence-corrected chi connectivity index (χ2v) is 6.60. The van der Waals surface area contributed by atoms with Gasteiger partial charge in [-0.15, -0.1) is 0 Å². The number of unbranched alkanes of at least 4 members (excludes halogenated alkanes) is 1. The molecule has 2 aromatic carbocycles. The van der Waals surface area contributed by atoms with E-state index < -0.39 is 0 Å². The van der Waals surface area contributed by atoms with Gasteiger partial charge in [-0.2, -0.15) is 4.57 Å². The molecule has 4 nitrogen and oxygen atoms in total. The highest BCUT2D eigenvalue weighted by molar-refractivity contribution is 5.79. The lowest BCUT2D eigenvalue weighted by Crippen LogP contribution is -2.37.